The van der Waals surface area contributed by atoms with E-state index in [0.717, 1.165) is 25.0 Å². The number of alkyl halides is 3. The monoisotopic (exact) mass is 412 g/mol. The van der Waals surface area contributed by atoms with Gasteiger partial charge in [-0.15, -0.1) is 0 Å². The molecule has 2 fully saturated rings. The van der Waals surface area contributed by atoms with Gasteiger partial charge in [0.05, 0.1) is 5.56 Å². The van der Waals surface area contributed by atoms with E-state index in [-0.39, 0.29) is 23.0 Å². The van der Waals surface area contributed by atoms with E-state index in [9.17, 15) is 22.8 Å². The molecule has 9 heteroatoms. The molecule has 29 heavy (non-hydrogen) atoms. The van der Waals surface area contributed by atoms with Crippen LogP contribution >= 0.6 is 0 Å². The van der Waals surface area contributed by atoms with E-state index in [0.29, 0.717) is 39.3 Å². The van der Waals surface area contributed by atoms with E-state index in [4.69, 9.17) is 0 Å². The zero-order chi connectivity index (χ0) is 21.2. The molecule has 2 saturated heterocycles. The summed E-state index contributed by atoms with van der Waals surface area (Å²) >= 11 is 0. The molecule has 3 amide bonds. The van der Waals surface area contributed by atoms with Gasteiger partial charge in [-0.2, -0.15) is 13.2 Å². The van der Waals surface area contributed by atoms with Crippen molar-refractivity contribution in [3.05, 3.63) is 35.4 Å². The predicted octanol–water partition coefficient (Wildman–Crippen LogP) is 2.66. The van der Waals surface area contributed by atoms with Crippen molar-refractivity contribution in [3.8, 4) is 0 Å². The first kappa shape index (κ1) is 21.4. The second-order valence-corrected chi connectivity index (χ2v) is 7.66. The Labute approximate surface area is 168 Å². The third kappa shape index (κ3) is 4.34. The topological polar surface area (TPSA) is 55.9 Å². The van der Waals surface area contributed by atoms with Gasteiger partial charge in [0.2, 0.25) is 0 Å². The molecule has 1 unspecified atom stereocenters. The van der Waals surface area contributed by atoms with Gasteiger partial charge in [0.15, 0.2) is 0 Å². The molecule has 6 nitrogen and oxygen atoms in total. The Hall–Kier alpha value is -2.29. The quantitative estimate of drug-likeness (QED) is 0.831. The van der Waals surface area contributed by atoms with E-state index in [2.05, 4.69) is 17.1 Å². The first-order valence-electron chi connectivity index (χ1n) is 9.88. The first-order valence-corrected chi connectivity index (χ1v) is 9.88. The minimum atomic E-state index is -4.47. The van der Waals surface area contributed by atoms with E-state index >= 15 is 0 Å². The molecular weight excluding hydrogens is 385 g/mol. The van der Waals surface area contributed by atoms with E-state index in [1.54, 1.807) is 11.9 Å². The maximum absolute atomic E-state index is 12.9. The summed E-state index contributed by atoms with van der Waals surface area (Å²) < 4.78 is 38.8. The lowest BCUT2D eigenvalue weighted by molar-refractivity contribution is -0.137. The highest BCUT2D eigenvalue weighted by Gasteiger charge is 2.44. The highest BCUT2D eigenvalue weighted by molar-refractivity contribution is 5.94. The Morgan fingerprint density at radius 1 is 1.10 bits per heavy atom. The number of rotatable bonds is 3. The third-order valence-electron chi connectivity index (χ3n) is 6.17. The summed E-state index contributed by atoms with van der Waals surface area (Å²) in [6.45, 7) is 5.63. The maximum atomic E-state index is 12.9. The second-order valence-electron chi connectivity index (χ2n) is 7.66. The zero-order valence-electron chi connectivity index (χ0n) is 16.8. The minimum absolute atomic E-state index is 0.0603. The molecule has 0 aromatic heterocycles. The third-order valence-corrected chi connectivity index (χ3v) is 6.17. The number of carbonyl (C=O) groups excluding carboxylic acids is 2. The second kappa shape index (κ2) is 8.22. The summed E-state index contributed by atoms with van der Waals surface area (Å²) in [5.41, 5.74) is -0.866. The molecule has 2 heterocycles. The van der Waals surface area contributed by atoms with Crippen LogP contribution in [0.25, 0.3) is 0 Å². The number of likely N-dealkylation sites (tertiary alicyclic amines) is 1. The molecule has 0 radical (unpaired) electrons. The van der Waals surface area contributed by atoms with Crippen molar-refractivity contribution < 1.29 is 22.8 Å². The van der Waals surface area contributed by atoms with E-state index in [1.165, 1.54) is 12.1 Å². The fourth-order valence-electron chi connectivity index (χ4n) is 4.35. The van der Waals surface area contributed by atoms with Crippen molar-refractivity contribution in [2.45, 2.75) is 31.5 Å². The van der Waals surface area contributed by atoms with Crippen molar-refractivity contribution in [2.24, 2.45) is 0 Å². The van der Waals surface area contributed by atoms with Crippen LogP contribution in [0.4, 0.5) is 18.0 Å². The van der Waals surface area contributed by atoms with Crippen LogP contribution in [-0.4, -0.2) is 78.5 Å². The molecule has 3 rings (SSSR count). The summed E-state index contributed by atoms with van der Waals surface area (Å²) in [6, 6.07) is 4.50. The number of urea groups is 1. The van der Waals surface area contributed by atoms with Crippen molar-refractivity contribution in [3.63, 3.8) is 0 Å². The van der Waals surface area contributed by atoms with Crippen LogP contribution in [0.5, 0.6) is 0 Å². The lowest BCUT2D eigenvalue weighted by atomic mass is 9.92. The van der Waals surface area contributed by atoms with Crippen molar-refractivity contribution in [1.82, 2.24) is 20.0 Å². The van der Waals surface area contributed by atoms with Crippen LogP contribution in [0.1, 0.15) is 35.7 Å². The number of hydrogen-bond donors (Lipinski definition) is 1. The molecule has 160 valence electrons. The van der Waals surface area contributed by atoms with Gasteiger partial charge in [-0.25, -0.2) is 4.79 Å². The zero-order valence-corrected chi connectivity index (χ0v) is 16.8. The fraction of sp³-hybridized carbons (Fsp3) is 0.600. The number of halogens is 3. The lowest BCUT2D eigenvalue weighted by Gasteiger charge is -2.45. The fourth-order valence-corrected chi connectivity index (χ4v) is 4.35. The molecule has 0 spiro atoms. The van der Waals surface area contributed by atoms with Crippen molar-refractivity contribution in [2.75, 3.05) is 46.3 Å². The summed E-state index contributed by atoms with van der Waals surface area (Å²) in [5.74, 6) is -0.375. The molecule has 1 N–H and O–H groups in total. The number of nitrogens with one attached hydrogen (secondary N) is 1. The summed E-state index contributed by atoms with van der Waals surface area (Å²) in [7, 11) is 1.62. The number of benzene rings is 1. The Balaban J connectivity index is 1.64. The van der Waals surface area contributed by atoms with E-state index < -0.39 is 11.7 Å². The molecule has 0 aliphatic carbocycles. The Morgan fingerprint density at radius 2 is 1.79 bits per heavy atom. The molecule has 2 aliphatic heterocycles. The molecule has 1 atom stereocenters. The Kier molecular flexibility index (Phi) is 6.07. The number of hydrogen-bond acceptors (Lipinski definition) is 3. The van der Waals surface area contributed by atoms with Crippen LogP contribution < -0.4 is 5.32 Å². The Morgan fingerprint density at radius 3 is 2.38 bits per heavy atom. The minimum Gasteiger partial charge on any atom is -0.341 e. The van der Waals surface area contributed by atoms with Crippen LogP contribution in [0, 0.1) is 0 Å². The Bertz CT molecular complexity index is 762. The van der Waals surface area contributed by atoms with Gasteiger partial charge >= 0.3 is 12.2 Å². The maximum Gasteiger partial charge on any atom is 0.416 e. The lowest BCUT2D eigenvalue weighted by Crippen LogP contribution is -2.59. The number of piperazine rings is 1. The van der Waals surface area contributed by atoms with Crippen LogP contribution in [0.3, 0.4) is 0 Å². The standard InChI is InChI=1S/C20H27F3N4O2/c1-3-19(7-8-26(14-19)18(29)24-2)27-11-9-25(10-12-27)17(28)15-5-4-6-16(13-15)20(21,22)23/h4-6,13H,3,7-12,14H2,1-2H3,(H,24,29). The van der Waals surface area contributed by atoms with Crippen LogP contribution in [0.15, 0.2) is 24.3 Å². The predicted molar refractivity (Wildman–Crippen MR) is 103 cm³/mol. The first-order chi connectivity index (χ1) is 13.7. The highest BCUT2D eigenvalue weighted by Crippen LogP contribution is 2.33. The normalized spacial score (nSPS) is 23.3. The smallest absolute Gasteiger partial charge is 0.341 e. The van der Waals surface area contributed by atoms with Gasteiger partial charge in [0.1, 0.15) is 0 Å². The summed E-state index contributed by atoms with van der Waals surface area (Å²) in [5, 5.41) is 2.66. The average molecular weight is 412 g/mol. The van der Waals surface area contributed by atoms with Gasteiger partial charge in [-0.1, -0.05) is 13.0 Å². The van der Waals surface area contributed by atoms with E-state index in [1.807, 2.05) is 4.90 Å². The number of amides is 3. The number of nitrogens with zero attached hydrogens (tertiary/aromatic N) is 3. The number of carbonyl (C=O) groups is 2. The molecule has 1 aromatic carbocycles. The van der Waals surface area contributed by atoms with Gasteiger partial charge < -0.3 is 15.1 Å². The van der Waals surface area contributed by atoms with Gasteiger partial charge in [0.25, 0.3) is 5.91 Å². The van der Waals surface area contributed by atoms with Crippen LogP contribution in [0.2, 0.25) is 0 Å². The molecular formula is C20H27F3N4O2. The molecule has 0 saturated carbocycles. The van der Waals surface area contributed by atoms with Crippen LogP contribution in [-0.2, 0) is 6.18 Å². The largest absolute Gasteiger partial charge is 0.416 e. The van der Waals surface area contributed by atoms with Crippen molar-refractivity contribution in [1.29, 1.82) is 0 Å². The van der Waals surface area contributed by atoms with Gasteiger partial charge in [-0.3, -0.25) is 9.69 Å². The SMILES string of the molecule is CCC1(N2CCN(C(=O)c3cccc(C(F)(F)F)c3)CC2)CCN(C(=O)NC)C1. The molecule has 0 bridgehead atoms. The van der Waals surface area contributed by atoms with Gasteiger partial charge in [-0.05, 0) is 31.0 Å². The molecule has 2 aliphatic rings. The van der Waals surface area contributed by atoms with Gasteiger partial charge in [0, 0.05) is 57.4 Å². The summed E-state index contributed by atoms with van der Waals surface area (Å²) in [6.07, 6.45) is -2.71. The average Bonchev–Trinajstić information content (AvgIpc) is 3.18. The summed E-state index contributed by atoms with van der Waals surface area (Å²) in [4.78, 5) is 30.4. The van der Waals surface area contributed by atoms with Crippen molar-refractivity contribution >= 4 is 11.9 Å². The highest BCUT2D eigenvalue weighted by atomic mass is 19.4. The molecule has 1 aromatic rings.